The Morgan fingerprint density at radius 2 is 2.05 bits per heavy atom. The Hall–Kier alpha value is -1.46. The summed E-state index contributed by atoms with van der Waals surface area (Å²) in [6, 6.07) is 10.3. The van der Waals surface area contributed by atoms with Crippen LogP contribution in [0.1, 0.15) is 19.4 Å². The van der Waals surface area contributed by atoms with Gasteiger partial charge in [-0.2, -0.15) is 5.10 Å². The average Bonchev–Trinajstić information content (AvgIpc) is 3.07. The Labute approximate surface area is 136 Å². The zero-order chi connectivity index (χ0) is 14.8. The maximum absolute atomic E-state index is 4.60. The van der Waals surface area contributed by atoms with E-state index in [1.54, 1.807) is 11.3 Å². The first-order valence-electron chi connectivity index (χ1n) is 6.88. The number of halogens is 1. The van der Waals surface area contributed by atoms with Crippen molar-refractivity contribution in [2.24, 2.45) is 5.92 Å². The van der Waals surface area contributed by atoms with Gasteiger partial charge in [-0.25, -0.2) is 9.67 Å². The summed E-state index contributed by atoms with van der Waals surface area (Å²) in [5.74, 6) is 1.50. The van der Waals surface area contributed by atoms with E-state index in [2.05, 4.69) is 52.0 Å². The van der Waals surface area contributed by atoms with E-state index in [1.807, 2.05) is 35.3 Å². The fourth-order valence-electron chi connectivity index (χ4n) is 2.18. The minimum absolute atomic E-state index is 0.645. The Bertz CT molecular complexity index is 728. The monoisotopic (exact) mass is 361 g/mol. The van der Waals surface area contributed by atoms with Crippen LogP contribution < -0.4 is 0 Å². The van der Waals surface area contributed by atoms with Crippen LogP contribution in [0.5, 0.6) is 0 Å². The van der Waals surface area contributed by atoms with Crippen molar-refractivity contribution >= 4 is 27.3 Å². The van der Waals surface area contributed by atoms with Gasteiger partial charge in [-0.05, 0) is 58.1 Å². The second kappa shape index (κ2) is 6.12. The molecule has 0 aliphatic carbocycles. The zero-order valence-electron chi connectivity index (χ0n) is 12.0. The van der Waals surface area contributed by atoms with Gasteiger partial charge in [0.2, 0.25) is 0 Å². The SMILES string of the molecule is CC(C)Cc1ccc(-n2ccc(-c3ccc(Br)s3)n2)nc1. The molecule has 0 amide bonds. The van der Waals surface area contributed by atoms with Crippen molar-refractivity contribution in [1.29, 1.82) is 0 Å². The summed E-state index contributed by atoms with van der Waals surface area (Å²) in [6.45, 7) is 4.43. The number of rotatable bonds is 4. The topological polar surface area (TPSA) is 30.7 Å². The van der Waals surface area contributed by atoms with Crippen molar-refractivity contribution in [3.05, 3.63) is 52.1 Å². The molecule has 0 bridgehead atoms. The van der Waals surface area contributed by atoms with Gasteiger partial charge in [-0.15, -0.1) is 11.3 Å². The van der Waals surface area contributed by atoms with Crippen molar-refractivity contribution in [3.8, 4) is 16.4 Å². The summed E-state index contributed by atoms with van der Waals surface area (Å²) in [6.07, 6.45) is 4.95. The van der Waals surface area contributed by atoms with E-state index < -0.39 is 0 Å². The second-order valence-corrected chi connectivity index (χ2v) is 7.83. The second-order valence-electron chi connectivity index (χ2n) is 5.37. The molecule has 21 heavy (non-hydrogen) atoms. The van der Waals surface area contributed by atoms with Crippen LogP contribution in [0, 0.1) is 5.92 Å². The molecule has 0 aromatic carbocycles. The summed E-state index contributed by atoms with van der Waals surface area (Å²) in [7, 11) is 0. The van der Waals surface area contributed by atoms with E-state index in [0.717, 1.165) is 26.6 Å². The minimum atomic E-state index is 0.645. The molecule has 0 atom stereocenters. The van der Waals surface area contributed by atoms with Crippen LogP contribution in [0.4, 0.5) is 0 Å². The fraction of sp³-hybridized carbons (Fsp3) is 0.250. The molecule has 0 unspecified atom stereocenters. The lowest BCUT2D eigenvalue weighted by molar-refractivity contribution is 0.645. The molecule has 5 heteroatoms. The van der Waals surface area contributed by atoms with Gasteiger partial charge in [0, 0.05) is 12.4 Å². The van der Waals surface area contributed by atoms with E-state index in [0.29, 0.717) is 5.92 Å². The summed E-state index contributed by atoms with van der Waals surface area (Å²) in [4.78, 5) is 5.66. The maximum atomic E-state index is 4.60. The molecule has 0 radical (unpaired) electrons. The van der Waals surface area contributed by atoms with Crippen molar-refractivity contribution in [3.63, 3.8) is 0 Å². The Morgan fingerprint density at radius 1 is 1.19 bits per heavy atom. The van der Waals surface area contributed by atoms with Crippen LogP contribution >= 0.6 is 27.3 Å². The molecule has 3 aromatic heterocycles. The predicted octanol–water partition coefficient (Wildman–Crippen LogP) is 4.96. The molecule has 3 aromatic rings. The fourth-order valence-corrected chi connectivity index (χ4v) is 3.53. The van der Waals surface area contributed by atoms with E-state index >= 15 is 0 Å². The Kier molecular flexibility index (Phi) is 4.22. The van der Waals surface area contributed by atoms with Gasteiger partial charge in [0.15, 0.2) is 5.82 Å². The van der Waals surface area contributed by atoms with Crippen LogP contribution in [0.25, 0.3) is 16.4 Å². The molecular formula is C16H16BrN3S. The van der Waals surface area contributed by atoms with Crippen molar-refractivity contribution in [2.45, 2.75) is 20.3 Å². The first-order valence-corrected chi connectivity index (χ1v) is 8.49. The molecule has 3 rings (SSSR count). The maximum Gasteiger partial charge on any atom is 0.153 e. The highest BCUT2D eigenvalue weighted by atomic mass is 79.9. The summed E-state index contributed by atoms with van der Waals surface area (Å²) >= 11 is 5.16. The highest BCUT2D eigenvalue weighted by Crippen LogP contribution is 2.30. The van der Waals surface area contributed by atoms with Gasteiger partial charge < -0.3 is 0 Å². The number of aromatic nitrogens is 3. The molecule has 0 aliphatic heterocycles. The van der Waals surface area contributed by atoms with Gasteiger partial charge >= 0.3 is 0 Å². The molecular weight excluding hydrogens is 346 g/mol. The molecule has 0 aliphatic rings. The van der Waals surface area contributed by atoms with Gasteiger partial charge in [0.25, 0.3) is 0 Å². The molecule has 0 fully saturated rings. The lowest BCUT2D eigenvalue weighted by atomic mass is 10.1. The smallest absolute Gasteiger partial charge is 0.153 e. The van der Waals surface area contributed by atoms with Gasteiger partial charge in [-0.1, -0.05) is 19.9 Å². The van der Waals surface area contributed by atoms with Gasteiger partial charge in [-0.3, -0.25) is 0 Å². The number of hydrogen-bond donors (Lipinski definition) is 0. The lowest BCUT2D eigenvalue weighted by Gasteiger charge is -2.05. The number of hydrogen-bond acceptors (Lipinski definition) is 3. The number of thiophene rings is 1. The standard InChI is InChI=1S/C16H16BrN3S/c1-11(2)9-12-3-6-16(18-10-12)20-8-7-13(19-20)14-4-5-15(17)21-14/h3-8,10-11H,9H2,1-2H3. The molecule has 108 valence electrons. The zero-order valence-corrected chi connectivity index (χ0v) is 14.4. The Balaban J connectivity index is 1.83. The summed E-state index contributed by atoms with van der Waals surface area (Å²) < 4.78 is 2.94. The number of pyridine rings is 1. The first kappa shape index (κ1) is 14.5. The van der Waals surface area contributed by atoms with Crippen LogP contribution in [0.2, 0.25) is 0 Å². The summed E-state index contributed by atoms with van der Waals surface area (Å²) in [5, 5.41) is 4.60. The highest BCUT2D eigenvalue weighted by molar-refractivity contribution is 9.11. The van der Waals surface area contributed by atoms with E-state index in [1.165, 1.54) is 5.56 Å². The molecule has 3 heterocycles. The third-order valence-electron chi connectivity index (χ3n) is 3.10. The Morgan fingerprint density at radius 3 is 2.67 bits per heavy atom. The van der Waals surface area contributed by atoms with Crippen LogP contribution in [0.15, 0.2) is 46.5 Å². The van der Waals surface area contributed by atoms with Crippen LogP contribution in [0.3, 0.4) is 0 Å². The van der Waals surface area contributed by atoms with Gasteiger partial charge in [0.05, 0.1) is 8.66 Å². The lowest BCUT2D eigenvalue weighted by Crippen LogP contribution is -2.00. The van der Waals surface area contributed by atoms with Crippen molar-refractivity contribution in [2.75, 3.05) is 0 Å². The summed E-state index contributed by atoms with van der Waals surface area (Å²) in [5.41, 5.74) is 2.24. The van der Waals surface area contributed by atoms with Crippen molar-refractivity contribution < 1.29 is 0 Å². The highest BCUT2D eigenvalue weighted by Gasteiger charge is 2.07. The van der Waals surface area contributed by atoms with E-state index in [4.69, 9.17) is 0 Å². The van der Waals surface area contributed by atoms with Crippen LogP contribution in [-0.4, -0.2) is 14.8 Å². The average molecular weight is 362 g/mol. The van der Waals surface area contributed by atoms with Crippen LogP contribution in [-0.2, 0) is 6.42 Å². The van der Waals surface area contributed by atoms with E-state index in [-0.39, 0.29) is 0 Å². The first-order chi connectivity index (χ1) is 10.1. The predicted molar refractivity (Wildman–Crippen MR) is 90.9 cm³/mol. The van der Waals surface area contributed by atoms with Crippen molar-refractivity contribution in [1.82, 2.24) is 14.8 Å². The third-order valence-corrected chi connectivity index (χ3v) is 4.75. The molecule has 3 nitrogen and oxygen atoms in total. The quantitative estimate of drug-likeness (QED) is 0.657. The van der Waals surface area contributed by atoms with Gasteiger partial charge in [0.1, 0.15) is 5.69 Å². The third kappa shape index (κ3) is 3.41. The normalized spacial score (nSPS) is 11.2. The number of nitrogens with zero attached hydrogens (tertiary/aromatic N) is 3. The van der Waals surface area contributed by atoms with E-state index in [9.17, 15) is 0 Å². The largest absolute Gasteiger partial charge is 0.237 e. The molecule has 0 N–H and O–H groups in total. The molecule has 0 saturated carbocycles. The molecule has 0 spiro atoms. The molecule has 0 saturated heterocycles. The minimum Gasteiger partial charge on any atom is -0.237 e.